The molecule has 2 heteroatoms. The van der Waals surface area contributed by atoms with Gasteiger partial charge in [-0.25, -0.2) is 4.79 Å². The van der Waals surface area contributed by atoms with Crippen molar-refractivity contribution < 1.29 is 9.53 Å². The molecule has 0 aromatic heterocycles. The summed E-state index contributed by atoms with van der Waals surface area (Å²) >= 11 is 0. The maximum Gasteiger partial charge on any atom is 0.333 e. The standard InChI is InChI=1S/C16H22O2/c1-4-16(18-14(17)9(2)3)12-6-10-5-11-7-13(16)15(10,11)8-12/h10-13H,2,4-8H2,1,3H3. The van der Waals surface area contributed by atoms with E-state index in [4.69, 9.17) is 4.74 Å². The molecule has 0 heterocycles. The SMILES string of the molecule is C=C(C)C(=O)OC1(CC)C2CC3CC4CC1C34C2. The maximum absolute atomic E-state index is 12.0. The Morgan fingerprint density at radius 1 is 1.28 bits per heavy atom. The van der Waals surface area contributed by atoms with Gasteiger partial charge in [-0.05, 0) is 62.2 Å². The van der Waals surface area contributed by atoms with Gasteiger partial charge in [-0.3, -0.25) is 0 Å². The van der Waals surface area contributed by atoms with Crippen LogP contribution in [0.5, 0.6) is 0 Å². The Morgan fingerprint density at radius 3 is 2.50 bits per heavy atom. The van der Waals surface area contributed by atoms with E-state index in [2.05, 4.69) is 13.5 Å². The zero-order chi connectivity index (χ0) is 12.7. The third-order valence-electron chi connectivity index (χ3n) is 6.89. The van der Waals surface area contributed by atoms with Gasteiger partial charge in [0.05, 0.1) is 0 Å². The van der Waals surface area contributed by atoms with Crippen molar-refractivity contribution in [1.29, 1.82) is 0 Å². The van der Waals surface area contributed by atoms with E-state index in [-0.39, 0.29) is 11.6 Å². The van der Waals surface area contributed by atoms with Gasteiger partial charge in [-0.2, -0.15) is 0 Å². The van der Waals surface area contributed by atoms with Crippen LogP contribution >= 0.6 is 0 Å². The average molecular weight is 246 g/mol. The quantitative estimate of drug-likeness (QED) is 0.564. The van der Waals surface area contributed by atoms with E-state index in [1.54, 1.807) is 6.92 Å². The van der Waals surface area contributed by atoms with Gasteiger partial charge < -0.3 is 4.74 Å². The summed E-state index contributed by atoms with van der Waals surface area (Å²) < 4.78 is 6.00. The third kappa shape index (κ3) is 0.906. The molecule has 4 fully saturated rings. The zero-order valence-corrected chi connectivity index (χ0v) is 11.4. The summed E-state index contributed by atoms with van der Waals surface area (Å²) in [4.78, 5) is 12.0. The Kier molecular flexibility index (Phi) is 1.86. The first-order valence-electron chi connectivity index (χ1n) is 7.43. The van der Waals surface area contributed by atoms with Crippen LogP contribution < -0.4 is 0 Å². The molecule has 4 saturated carbocycles. The van der Waals surface area contributed by atoms with Gasteiger partial charge in [0, 0.05) is 11.5 Å². The fourth-order valence-electron chi connectivity index (χ4n) is 6.16. The highest BCUT2D eigenvalue weighted by Gasteiger charge is 2.81. The van der Waals surface area contributed by atoms with Crippen LogP contribution in [0.1, 0.15) is 46.0 Å². The van der Waals surface area contributed by atoms with E-state index < -0.39 is 0 Å². The van der Waals surface area contributed by atoms with Crippen molar-refractivity contribution in [1.82, 2.24) is 0 Å². The zero-order valence-electron chi connectivity index (χ0n) is 11.4. The number of carbonyl (C=O) groups is 1. The topological polar surface area (TPSA) is 26.3 Å². The first-order valence-corrected chi connectivity index (χ1v) is 7.43. The van der Waals surface area contributed by atoms with Gasteiger partial charge in [0.15, 0.2) is 0 Å². The molecule has 0 aromatic carbocycles. The number of carbonyl (C=O) groups excluding carboxylic acids is 1. The number of rotatable bonds is 3. The summed E-state index contributed by atoms with van der Waals surface area (Å²) in [7, 11) is 0. The van der Waals surface area contributed by atoms with E-state index in [9.17, 15) is 4.79 Å². The van der Waals surface area contributed by atoms with Crippen LogP contribution in [-0.2, 0) is 9.53 Å². The highest BCUT2D eigenvalue weighted by molar-refractivity contribution is 5.87. The Balaban J connectivity index is 1.67. The molecule has 2 bridgehead atoms. The minimum atomic E-state index is -0.167. The van der Waals surface area contributed by atoms with Crippen LogP contribution in [0, 0.1) is 29.1 Å². The van der Waals surface area contributed by atoms with Crippen molar-refractivity contribution in [2.75, 3.05) is 0 Å². The molecule has 4 aliphatic carbocycles. The Labute approximate surface area is 109 Å². The lowest BCUT2D eigenvalue weighted by Gasteiger charge is -2.69. The molecule has 2 nitrogen and oxygen atoms in total. The van der Waals surface area contributed by atoms with Crippen molar-refractivity contribution in [3.63, 3.8) is 0 Å². The first-order chi connectivity index (χ1) is 8.54. The molecule has 6 atom stereocenters. The summed E-state index contributed by atoms with van der Waals surface area (Å²) in [6, 6.07) is 0. The number of esters is 1. The molecule has 0 aliphatic heterocycles. The molecule has 1 spiro atoms. The lowest BCUT2D eigenvalue weighted by Crippen LogP contribution is -2.67. The van der Waals surface area contributed by atoms with E-state index in [0.29, 0.717) is 22.8 Å². The van der Waals surface area contributed by atoms with Gasteiger partial charge in [0.2, 0.25) is 0 Å². The minimum Gasteiger partial charge on any atom is -0.455 e. The summed E-state index contributed by atoms with van der Waals surface area (Å²) in [5.41, 5.74) is 1.02. The monoisotopic (exact) mass is 246 g/mol. The molecular weight excluding hydrogens is 224 g/mol. The van der Waals surface area contributed by atoms with E-state index in [1.165, 1.54) is 25.7 Å². The highest BCUT2D eigenvalue weighted by Crippen LogP contribution is 2.84. The predicted molar refractivity (Wildman–Crippen MR) is 68.8 cm³/mol. The van der Waals surface area contributed by atoms with Crippen molar-refractivity contribution in [3.05, 3.63) is 12.2 Å². The second-order valence-electron chi connectivity index (χ2n) is 7.15. The van der Waals surface area contributed by atoms with Crippen LogP contribution in [0.3, 0.4) is 0 Å². The molecule has 4 rings (SSSR count). The van der Waals surface area contributed by atoms with Crippen molar-refractivity contribution in [2.24, 2.45) is 29.1 Å². The van der Waals surface area contributed by atoms with Crippen LogP contribution in [0.2, 0.25) is 0 Å². The van der Waals surface area contributed by atoms with Crippen LogP contribution in [0.15, 0.2) is 12.2 Å². The van der Waals surface area contributed by atoms with Crippen LogP contribution in [-0.4, -0.2) is 11.6 Å². The lowest BCUT2D eigenvalue weighted by atomic mass is 9.36. The first kappa shape index (κ1) is 11.1. The average Bonchev–Trinajstić information content (AvgIpc) is 2.79. The summed E-state index contributed by atoms with van der Waals surface area (Å²) in [5.74, 6) is 3.07. The molecule has 6 unspecified atom stereocenters. The predicted octanol–water partition coefficient (Wildman–Crippen LogP) is 3.32. The fraction of sp³-hybridized carbons (Fsp3) is 0.812. The van der Waals surface area contributed by atoms with Crippen molar-refractivity contribution in [2.45, 2.75) is 51.6 Å². The highest BCUT2D eigenvalue weighted by atomic mass is 16.6. The van der Waals surface area contributed by atoms with E-state index >= 15 is 0 Å². The Hall–Kier alpha value is -0.790. The van der Waals surface area contributed by atoms with Gasteiger partial charge in [0.25, 0.3) is 0 Å². The minimum absolute atomic E-state index is 0.135. The lowest BCUT2D eigenvalue weighted by molar-refractivity contribution is -0.250. The van der Waals surface area contributed by atoms with Crippen molar-refractivity contribution >= 4 is 5.97 Å². The molecule has 0 amide bonds. The third-order valence-corrected chi connectivity index (χ3v) is 6.89. The fourth-order valence-corrected chi connectivity index (χ4v) is 6.16. The van der Waals surface area contributed by atoms with Gasteiger partial charge in [-0.1, -0.05) is 13.5 Å². The molecule has 18 heavy (non-hydrogen) atoms. The number of ether oxygens (including phenoxy) is 1. The Bertz CT molecular complexity index is 454. The molecule has 0 saturated heterocycles. The van der Waals surface area contributed by atoms with Gasteiger partial charge in [0.1, 0.15) is 5.60 Å². The Morgan fingerprint density at radius 2 is 1.94 bits per heavy atom. The smallest absolute Gasteiger partial charge is 0.333 e. The van der Waals surface area contributed by atoms with Crippen molar-refractivity contribution in [3.8, 4) is 0 Å². The van der Waals surface area contributed by atoms with E-state index in [0.717, 1.165) is 18.3 Å². The van der Waals surface area contributed by atoms with E-state index in [1.807, 2.05) is 0 Å². The molecule has 0 aromatic rings. The second-order valence-corrected chi connectivity index (χ2v) is 7.15. The molecule has 0 radical (unpaired) electrons. The summed E-state index contributed by atoms with van der Waals surface area (Å²) in [5, 5.41) is 0. The summed E-state index contributed by atoms with van der Waals surface area (Å²) in [6.45, 7) is 7.69. The molecule has 98 valence electrons. The van der Waals surface area contributed by atoms with Gasteiger partial charge >= 0.3 is 5.97 Å². The number of hydrogen-bond acceptors (Lipinski definition) is 2. The van der Waals surface area contributed by atoms with Crippen LogP contribution in [0.4, 0.5) is 0 Å². The molecular formula is C16H22O2. The second kappa shape index (κ2) is 3.02. The van der Waals surface area contributed by atoms with Gasteiger partial charge in [-0.15, -0.1) is 0 Å². The molecule has 4 aliphatic rings. The van der Waals surface area contributed by atoms with Crippen LogP contribution in [0.25, 0.3) is 0 Å². The summed E-state index contributed by atoms with van der Waals surface area (Å²) in [6.07, 6.45) is 6.41. The molecule has 0 N–H and O–H groups in total. The number of hydrogen-bond donors (Lipinski definition) is 0. The number of fused-ring (bicyclic) bond motifs is 1. The normalized spacial score (nSPS) is 54.3. The largest absolute Gasteiger partial charge is 0.455 e. The maximum atomic E-state index is 12.0.